The fourth-order valence-electron chi connectivity index (χ4n) is 2.44. The summed E-state index contributed by atoms with van der Waals surface area (Å²) < 4.78 is 25.8. The average Bonchev–Trinajstić information content (AvgIpc) is 3.20. The molecule has 0 bridgehead atoms. The van der Waals surface area contributed by atoms with Crippen molar-refractivity contribution in [2.75, 3.05) is 21.3 Å². The van der Waals surface area contributed by atoms with Gasteiger partial charge in [-0.25, -0.2) is 4.79 Å². The molecule has 3 rings (SSSR count). The molecule has 146 valence electrons. The standard InChI is InChI=1S/C19H17ClN2O6/c1-24-13-6-4-5-11(7-13)18-21-16(28-22-18)10-27-19(23)12-8-14(20)17(26-3)15(9-12)25-2/h4-9H,10H2,1-3H3. The smallest absolute Gasteiger partial charge is 0.338 e. The first-order valence-corrected chi connectivity index (χ1v) is 8.49. The van der Waals surface area contributed by atoms with Crippen LogP contribution in [0.4, 0.5) is 0 Å². The molecule has 0 atom stereocenters. The first-order chi connectivity index (χ1) is 13.5. The highest BCUT2D eigenvalue weighted by Gasteiger charge is 2.17. The molecule has 0 saturated heterocycles. The van der Waals surface area contributed by atoms with Gasteiger partial charge in [0.25, 0.3) is 5.89 Å². The zero-order valence-corrected chi connectivity index (χ0v) is 16.1. The van der Waals surface area contributed by atoms with Gasteiger partial charge in [-0.05, 0) is 24.3 Å². The molecule has 0 amide bonds. The van der Waals surface area contributed by atoms with E-state index in [-0.39, 0.29) is 23.1 Å². The first kappa shape index (κ1) is 19.5. The summed E-state index contributed by atoms with van der Waals surface area (Å²) in [6, 6.07) is 10.1. The summed E-state index contributed by atoms with van der Waals surface area (Å²) in [7, 11) is 4.47. The number of methoxy groups -OCH3 is 3. The van der Waals surface area contributed by atoms with Gasteiger partial charge in [0.05, 0.1) is 31.9 Å². The number of nitrogens with zero attached hydrogens (tertiary/aromatic N) is 2. The predicted octanol–water partition coefficient (Wildman–Crippen LogP) is 3.77. The van der Waals surface area contributed by atoms with E-state index in [9.17, 15) is 4.79 Å². The summed E-state index contributed by atoms with van der Waals surface area (Å²) in [4.78, 5) is 16.5. The Morgan fingerprint density at radius 2 is 1.93 bits per heavy atom. The van der Waals surface area contributed by atoms with Crippen LogP contribution in [0.5, 0.6) is 17.2 Å². The summed E-state index contributed by atoms with van der Waals surface area (Å²) in [5.74, 6) is 1.21. The molecule has 0 radical (unpaired) electrons. The SMILES string of the molecule is COc1cccc(-c2noc(COC(=O)c3cc(Cl)c(OC)c(OC)c3)n2)c1. The minimum Gasteiger partial charge on any atom is -0.497 e. The molecule has 0 spiro atoms. The van der Waals surface area contributed by atoms with E-state index < -0.39 is 5.97 Å². The van der Waals surface area contributed by atoms with Crippen LogP contribution in [0.15, 0.2) is 40.9 Å². The van der Waals surface area contributed by atoms with Gasteiger partial charge in [0.15, 0.2) is 18.1 Å². The summed E-state index contributed by atoms with van der Waals surface area (Å²) in [6.45, 7) is -0.193. The molecule has 2 aromatic carbocycles. The van der Waals surface area contributed by atoms with Crippen LogP contribution in [0.2, 0.25) is 5.02 Å². The Hall–Kier alpha value is -3.26. The lowest BCUT2D eigenvalue weighted by Gasteiger charge is -2.11. The van der Waals surface area contributed by atoms with Gasteiger partial charge in [0.1, 0.15) is 5.75 Å². The van der Waals surface area contributed by atoms with E-state index in [1.807, 2.05) is 12.1 Å². The Balaban J connectivity index is 1.70. The van der Waals surface area contributed by atoms with Crippen molar-refractivity contribution in [3.63, 3.8) is 0 Å². The van der Waals surface area contributed by atoms with E-state index >= 15 is 0 Å². The van der Waals surface area contributed by atoms with Gasteiger partial charge in [-0.15, -0.1) is 0 Å². The van der Waals surface area contributed by atoms with E-state index in [2.05, 4.69) is 10.1 Å². The molecule has 3 aromatic rings. The maximum absolute atomic E-state index is 12.3. The van der Waals surface area contributed by atoms with Crippen LogP contribution in [0.1, 0.15) is 16.2 Å². The molecule has 0 aliphatic heterocycles. The van der Waals surface area contributed by atoms with Gasteiger partial charge in [0, 0.05) is 5.56 Å². The van der Waals surface area contributed by atoms with E-state index in [1.165, 1.54) is 26.4 Å². The molecular formula is C19H17ClN2O6. The zero-order valence-electron chi connectivity index (χ0n) is 15.4. The van der Waals surface area contributed by atoms with Crippen molar-refractivity contribution in [3.05, 3.63) is 52.9 Å². The third-order valence-corrected chi connectivity index (χ3v) is 4.07. The normalized spacial score (nSPS) is 10.4. The van der Waals surface area contributed by atoms with Crippen LogP contribution >= 0.6 is 11.6 Å². The predicted molar refractivity (Wildman–Crippen MR) is 100.0 cm³/mol. The van der Waals surface area contributed by atoms with Gasteiger partial charge >= 0.3 is 5.97 Å². The van der Waals surface area contributed by atoms with E-state index in [1.54, 1.807) is 19.2 Å². The lowest BCUT2D eigenvalue weighted by molar-refractivity contribution is 0.0429. The molecule has 28 heavy (non-hydrogen) atoms. The number of hydrogen-bond donors (Lipinski definition) is 0. The lowest BCUT2D eigenvalue weighted by atomic mass is 10.2. The monoisotopic (exact) mass is 404 g/mol. The highest BCUT2D eigenvalue weighted by atomic mass is 35.5. The van der Waals surface area contributed by atoms with Crippen LogP contribution in [0, 0.1) is 0 Å². The number of aromatic nitrogens is 2. The largest absolute Gasteiger partial charge is 0.497 e. The number of esters is 1. The molecule has 0 aliphatic carbocycles. The van der Waals surface area contributed by atoms with Crippen LogP contribution < -0.4 is 14.2 Å². The maximum atomic E-state index is 12.3. The third-order valence-electron chi connectivity index (χ3n) is 3.79. The topological polar surface area (TPSA) is 92.9 Å². The van der Waals surface area contributed by atoms with E-state index in [0.29, 0.717) is 28.6 Å². The Morgan fingerprint density at radius 1 is 1.11 bits per heavy atom. The van der Waals surface area contributed by atoms with Crippen molar-refractivity contribution in [2.24, 2.45) is 0 Å². The van der Waals surface area contributed by atoms with Gasteiger partial charge in [0.2, 0.25) is 5.82 Å². The van der Waals surface area contributed by atoms with Crippen LogP contribution in [0.25, 0.3) is 11.4 Å². The Bertz CT molecular complexity index is 988. The fourth-order valence-corrected chi connectivity index (χ4v) is 2.73. The molecule has 1 heterocycles. The molecule has 0 saturated carbocycles. The first-order valence-electron chi connectivity index (χ1n) is 8.11. The second-order valence-electron chi connectivity index (χ2n) is 5.51. The zero-order chi connectivity index (χ0) is 20.1. The number of ether oxygens (including phenoxy) is 4. The number of carbonyl (C=O) groups excluding carboxylic acids is 1. The quantitative estimate of drug-likeness (QED) is 0.549. The Kier molecular flexibility index (Phi) is 6.00. The highest BCUT2D eigenvalue weighted by Crippen LogP contribution is 2.36. The van der Waals surface area contributed by atoms with Crippen LogP contribution in [-0.2, 0) is 11.3 Å². The van der Waals surface area contributed by atoms with Crippen molar-refractivity contribution < 1.29 is 28.3 Å². The van der Waals surface area contributed by atoms with E-state index in [4.69, 9.17) is 35.1 Å². The minimum absolute atomic E-state index is 0.151. The Labute approximate surface area is 165 Å². The molecular weight excluding hydrogens is 388 g/mol. The van der Waals surface area contributed by atoms with Crippen LogP contribution in [-0.4, -0.2) is 37.4 Å². The van der Waals surface area contributed by atoms with Gasteiger partial charge in [-0.1, -0.05) is 28.9 Å². The molecule has 1 aromatic heterocycles. The summed E-state index contributed by atoms with van der Waals surface area (Å²) >= 11 is 6.11. The summed E-state index contributed by atoms with van der Waals surface area (Å²) in [6.07, 6.45) is 0. The molecule has 0 N–H and O–H groups in total. The van der Waals surface area contributed by atoms with Gasteiger partial charge in [-0.2, -0.15) is 4.98 Å². The van der Waals surface area contributed by atoms with Crippen molar-refractivity contribution in [1.82, 2.24) is 10.1 Å². The number of benzene rings is 2. The number of rotatable bonds is 7. The highest BCUT2D eigenvalue weighted by molar-refractivity contribution is 6.32. The van der Waals surface area contributed by atoms with Crippen molar-refractivity contribution >= 4 is 17.6 Å². The van der Waals surface area contributed by atoms with Crippen molar-refractivity contribution in [3.8, 4) is 28.6 Å². The number of halogens is 1. The van der Waals surface area contributed by atoms with Gasteiger partial charge in [-0.3, -0.25) is 0 Å². The van der Waals surface area contributed by atoms with Gasteiger partial charge < -0.3 is 23.5 Å². The second kappa shape index (κ2) is 8.62. The number of hydrogen-bond acceptors (Lipinski definition) is 8. The fraction of sp³-hybridized carbons (Fsp3) is 0.211. The Morgan fingerprint density at radius 3 is 2.64 bits per heavy atom. The van der Waals surface area contributed by atoms with Crippen molar-refractivity contribution in [1.29, 1.82) is 0 Å². The molecule has 0 fully saturated rings. The van der Waals surface area contributed by atoms with Crippen molar-refractivity contribution in [2.45, 2.75) is 6.61 Å². The average molecular weight is 405 g/mol. The molecule has 0 aliphatic rings. The molecule has 0 unspecified atom stereocenters. The second-order valence-corrected chi connectivity index (χ2v) is 5.92. The maximum Gasteiger partial charge on any atom is 0.338 e. The summed E-state index contributed by atoms with van der Waals surface area (Å²) in [5.41, 5.74) is 0.919. The lowest BCUT2D eigenvalue weighted by Crippen LogP contribution is -2.06. The molecule has 9 heteroatoms. The summed E-state index contributed by atoms with van der Waals surface area (Å²) in [5, 5.41) is 4.11. The van der Waals surface area contributed by atoms with E-state index in [0.717, 1.165) is 0 Å². The minimum atomic E-state index is -0.621. The third kappa shape index (κ3) is 4.17. The number of carbonyl (C=O) groups is 1. The molecule has 8 nitrogen and oxygen atoms in total. The van der Waals surface area contributed by atoms with Crippen LogP contribution in [0.3, 0.4) is 0 Å².